The third-order valence-corrected chi connectivity index (χ3v) is 2.25. The number of rotatable bonds is 3. The fourth-order valence-electron chi connectivity index (χ4n) is 1.55. The maximum absolute atomic E-state index is 5.21. The summed E-state index contributed by atoms with van der Waals surface area (Å²) in [6.07, 6.45) is 0.973. The van der Waals surface area contributed by atoms with E-state index in [2.05, 4.69) is 45.5 Å². The Morgan fingerprint density at radius 3 is 2.43 bits per heavy atom. The molecule has 0 heterocycles. The van der Waals surface area contributed by atoms with Gasteiger partial charge in [0.15, 0.2) is 0 Å². The summed E-state index contributed by atoms with van der Waals surface area (Å²) in [6, 6.07) is 6.28. The van der Waals surface area contributed by atoms with Crippen LogP contribution in [0.2, 0.25) is 0 Å². The first-order valence-corrected chi connectivity index (χ1v) is 5.23. The molecule has 0 amide bonds. The Labute approximate surface area is 91.9 Å². The van der Waals surface area contributed by atoms with Gasteiger partial charge >= 0.3 is 0 Å². The second kappa shape index (κ2) is 4.26. The number of hydrogen-bond acceptors (Lipinski definition) is 2. The van der Waals surface area contributed by atoms with Crippen LogP contribution < -0.4 is 4.74 Å². The molecule has 0 aromatic heterocycles. The summed E-state index contributed by atoms with van der Waals surface area (Å²) >= 11 is 4.52. The minimum absolute atomic E-state index is 0.0427. The highest BCUT2D eigenvalue weighted by Crippen LogP contribution is 2.23. The first kappa shape index (κ1) is 11.4. The number of thiol groups is 1. The van der Waals surface area contributed by atoms with E-state index < -0.39 is 0 Å². The average molecular weight is 210 g/mol. The van der Waals surface area contributed by atoms with Crippen LogP contribution in [0, 0.1) is 6.92 Å². The molecule has 0 fully saturated rings. The summed E-state index contributed by atoms with van der Waals surface area (Å²) < 4.78 is 5.25. The second-order valence-electron chi connectivity index (χ2n) is 4.29. The van der Waals surface area contributed by atoms with Crippen molar-refractivity contribution < 1.29 is 4.74 Å². The second-order valence-corrected chi connectivity index (χ2v) is 5.50. The van der Waals surface area contributed by atoms with Gasteiger partial charge in [-0.2, -0.15) is 12.6 Å². The van der Waals surface area contributed by atoms with E-state index in [1.807, 2.05) is 6.07 Å². The molecule has 0 bridgehead atoms. The van der Waals surface area contributed by atoms with Crippen molar-refractivity contribution in [2.24, 2.45) is 0 Å². The summed E-state index contributed by atoms with van der Waals surface area (Å²) in [6.45, 7) is 6.30. The standard InChI is InChI=1S/C12H18OS/c1-9-7-10(8-12(2,3)14)5-6-11(9)13-4/h5-7,14H,8H2,1-4H3. The Kier molecular flexibility index (Phi) is 3.48. The summed E-state index contributed by atoms with van der Waals surface area (Å²) in [5.74, 6) is 0.950. The van der Waals surface area contributed by atoms with Gasteiger partial charge in [0.1, 0.15) is 5.75 Å². The van der Waals surface area contributed by atoms with Gasteiger partial charge in [0.05, 0.1) is 7.11 Å². The molecule has 14 heavy (non-hydrogen) atoms. The zero-order valence-corrected chi connectivity index (χ0v) is 10.2. The van der Waals surface area contributed by atoms with Gasteiger partial charge in [0.2, 0.25) is 0 Å². The third kappa shape index (κ3) is 3.26. The predicted octanol–water partition coefficient (Wildman–Crippen LogP) is 3.25. The van der Waals surface area contributed by atoms with Crippen molar-refractivity contribution in [1.29, 1.82) is 0 Å². The molecule has 1 rings (SSSR count). The molecule has 1 aromatic rings. The van der Waals surface area contributed by atoms with Crippen molar-refractivity contribution in [3.8, 4) is 5.75 Å². The van der Waals surface area contributed by atoms with Crippen molar-refractivity contribution in [2.75, 3.05) is 7.11 Å². The minimum atomic E-state index is 0.0427. The zero-order chi connectivity index (χ0) is 10.8. The van der Waals surface area contributed by atoms with Crippen LogP contribution in [-0.4, -0.2) is 11.9 Å². The lowest BCUT2D eigenvalue weighted by atomic mass is 10.0. The van der Waals surface area contributed by atoms with Gasteiger partial charge in [-0.25, -0.2) is 0 Å². The van der Waals surface area contributed by atoms with Crippen LogP contribution in [0.1, 0.15) is 25.0 Å². The van der Waals surface area contributed by atoms with Crippen molar-refractivity contribution in [2.45, 2.75) is 31.9 Å². The maximum Gasteiger partial charge on any atom is 0.121 e. The van der Waals surface area contributed by atoms with E-state index >= 15 is 0 Å². The van der Waals surface area contributed by atoms with E-state index in [1.54, 1.807) is 7.11 Å². The molecule has 0 unspecified atom stereocenters. The van der Waals surface area contributed by atoms with E-state index in [9.17, 15) is 0 Å². The molecule has 2 heteroatoms. The zero-order valence-electron chi connectivity index (χ0n) is 9.29. The molecule has 0 N–H and O–H groups in total. The maximum atomic E-state index is 5.21. The normalized spacial score (nSPS) is 11.5. The van der Waals surface area contributed by atoms with Crippen molar-refractivity contribution in [3.63, 3.8) is 0 Å². The quantitative estimate of drug-likeness (QED) is 0.753. The highest BCUT2D eigenvalue weighted by Gasteiger charge is 2.12. The van der Waals surface area contributed by atoms with Gasteiger partial charge in [-0.05, 0) is 30.5 Å². The van der Waals surface area contributed by atoms with Gasteiger partial charge < -0.3 is 4.74 Å². The van der Waals surface area contributed by atoms with E-state index in [0.29, 0.717) is 0 Å². The summed E-state index contributed by atoms with van der Waals surface area (Å²) in [7, 11) is 1.70. The van der Waals surface area contributed by atoms with Crippen molar-refractivity contribution >= 4 is 12.6 Å². The first-order chi connectivity index (χ1) is 6.42. The van der Waals surface area contributed by atoms with Crippen LogP contribution in [0.25, 0.3) is 0 Å². The van der Waals surface area contributed by atoms with E-state index in [0.717, 1.165) is 12.2 Å². The monoisotopic (exact) mass is 210 g/mol. The van der Waals surface area contributed by atoms with Crippen LogP contribution in [0.5, 0.6) is 5.75 Å². The first-order valence-electron chi connectivity index (χ1n) is 4.78. The van der Waals surface area contributed by atoms with Gasteiger partial charge in [0, 0.05) is 4.75 Å². The van der Waals surface area contributed by atoms with Crippen LogP contribution >= 0.6 is 12.6 Å². The molecular weight excluding hydrogens is 192 g/mol. The lowest BCUT2D eigenvalue weighted by molar-refractivity contribution is 0.411. The molecule has 0 saturated heterocycles. The van der Waals surface area contributed by atoms with E-state index in [4.69, 9.17) is 4.74 Å². The lowest BCUT2D eigenvalue weighted by Crippen LogP contribution is -2.14. The molecular formula is C12H18OS. The number of methoxy groups -OCH3 is 1. The molecule has 0 aliphatic rings. The predicted molar refractivity (Wildman–Crippen MR) is 64.5 cm³/mol. The van der Waals surface area contributed by atoms with Crippen LogP contribution in [-0.2, 0) is 6.42 Å². The number of aryl methyl sites for hydroxylation is 1. The molecule has 1 nitrogen and oxygen atoms in total. The number of benzene rings is 1. The van der Waals surface area contributed by atoms with Gasteiger partial charge in [0.25, 0.3) is 0 Å². The molecule has 0 saturated carbocycles. The Morgan fingerprint density at radius 2 is 2.00 bits per heavy atom. The Morgan fingerprint density at radius 1 is 1.36 bits per heavy atom. The summed E-state index contributed by atoms with van der Waals surface area (Å²) in [4.78, 5) is 0. The highest BCUT2D eigenvalue weighted by molar-refractivity contribution is 7.81. The molecule has 0 aliphatic heterocycles. The van der Waals surface area contributed by atoms with Crippen LogP contribution in [0.3, 0.4) is 0 Å². The SMILES string of the molecule is COc1ccc(CC(C)(C)S)cc1C. The molecule has 0 aliphatic carbocycles. The van der Waals surface area contributed by atoms with Gasteiger partial charge in [-0.15, -0.1) is 0 Å². The molecule has 0 radical (unpaired) electrons. The summed E-state index contributed by atoms with van der Waals surface area (Å²) in [5, 5.41) is 0. The average Bonchev–Trinajstić information content (AvgIpc) is 2.01. The molecule has 1 aromatic carbocycles. The topological polar surface area (TPSA) is 9.23 Å². The minimum Gasteiger partial charge on any atom is -0.496 e. The lowest BCUT2D eigenvalue weighted by Gasteiger charge is -2.17. The Balaban J connectivity index is 2.87. The van der Waals surface area contributed by atoms with Crippen LogP contribution in [0.15, 0.2) is 18.2 Å². The third-order valence-electron chi connectivity index (χ3n) is 2.10. The Bertz CT molecular complexity index is 313. The summed E-state index contributed by atoms with van der Waals surface area (Å²) in [5.41, 5.74) is 2.49. The smallest absolute Gasteiger partial charge is 0.121 e. The van der Waals surface area contributed by atoms with E-state index in [1.165, 1.54) is 11.1 Å². The highest BCUT2D eigenvalue weighted by atomic mass is 32.1. The Hall–Kier alpha value is -0.630. The molecule has 78 valence electrons. The largest absolute Gasteiger partial charge is 0.496 e. The number of ether oxygens (including phenoxy) is 1. The van der Waals surface area contributed by atoms with Gasteiger partial charge in [-0.1, -0.05) is 26.0 Å². The molecule has 0 spiro atoms. The van der Waals surface area contributed by atoms with Gasteiger partial charge in [-0.3, -0.25) is 0 Å². The fraction of sp³-hybridized carbons (Fsp3) is 0.500. The van der Waals surface area contributed by atoms with Crippen molar-refractivity contribution in [3.05, 3.63) is 29.3 Å². The fourth-order valence-corrected chi connectivity index (χ4v) is 1.73. The molecule has 0 atom stereocenters. The van der Waals surface area contributed by atoms with Crippen molar-refractivity contribution in [1.82, 2.24) is 0 Å². The van der Waals surface area contributed by atoms with E-state index in [-0.39, 0.29) is 4.75 Å². The van der Waals surface area contributed by atoms with Crippen LogP contribution in [0.4, 0.5) is 0 Å². The number of hydrogen-bond donors (Lipinski definition) is 1.